The largest absolute Gasteiger partial charge is 0.493 e. The maximum absolute atomic E-state index is 12.6. The van der Waals surface area contributed by atoms with Crippen molar-refractivity contribution in [1.29, 1.82) is 0 Å². The van der Waals surface area contributed by atoms with Gasteiger partial charge in [0.25, 0.3) is 0 Å². The van der Waals surface area contributed by atoms with Gasteiger partial charge in [-0.2, -0.15) is 13.2 Å². The first-order valence-electron chi connectivity index (χ1n) is 10.3. The van der Waals surface area contributed by atoms with E-state index in [1.54, 1.807) is 63.4 Å². The number of alkyl halides is 3. The van der Waals surface area contributed by atoms with Crippen LogP contribution in [0.25, 0.3) is 0 Å². The quantitative estimate of drug-likeness (QED) is 0.372. The summed E-state index contributed by atoms with van der Waals surface area (Å²) in [5.41, 5.74) is 1.04. The standard InChI is InChI=1S/C24H25F3N2O5/c1-23(2,3)34-22(30)16-5-7-17(8-6-16)29(13-19-12-28-15-33-19)18-9-10-20(21(11-18)31-4)32-14-24(25,26)27/h5-12,15H,13-14H2,1-4H3. The molecule has 0 unspecified atom stereocenters. The molecule has 3 rings (SSSR count). The van der Waals surface area contributed by atoms with Crippen molar-refractivity contribution >= 4 is 17.3 Å². The van der Waals surface area contributed by atoms with Crippen molar-refractivity contribution in [2.45, 2.75) is 39.1 Å². The average Bonchev–Trinajstić information content (AvgIpc) is 3.28. The zero-order valence-electron chi connectivity index (χ0n) is 19.2. The lowest BCUT2D eigenvalue weighted by Gasteiger charge is -2.25. The monoisotopic (exact) mass is 478 g/mol. The maximum Gasteiger partial charge on any atom is 0.422 e. The van der Waals surface area contributed by atoms with E-state index in [-0.39, 0.29) is 18.0 Å². The molecule has 3 aromatic rings. The molecule has 1 heterocycles. The van der Waals surface area contributed by atoms with E-state index in [4.69, 9.17) is 18.6 Å². The Labute approximate surface area is 195 Å². The third-order valence-corrected chi connectivity index (χ3v) is 4.46. The summed E-state index contributed by atoms with van der Waals surface area (Å²) in [6.45, 7) is 4.18. The molecule has 0 fully saturated rings. The Hall–Kier alpha value is -3.69. The third kappa shape index (κ3) is 6.90. The molecule has 0 saturated carbocycles. The van der Waals surface area contributed by atoms with Gasteiger partial charge < -0.3 is 23.5 Å². The van der Waals surface area contributed by atoms with Crippen LogP contribution in [0.5, 0.6) is 11.5 Å². The summed E-state index contributed by atoms with van der Waals surface area (Å²) in [6.07, 6.45) is -1.62. The first-order chi connectivity index (χ1) is 15.9. The molecule has 2 aromatic carbocycles. The van der Waals surface area contributed by atoms with Crippen LogP contribution < -0.4 is 14.4 Å². The molecule has 0 bridgehead atoms. The Morgan fingerprint density at radius 2 is 1.71 bits per heavy atom. The van der Waals surface area contributed by atoms with E-state index in [2.05, 4.69) is 4.98 Å². The van der Waals surface area contributed by atoms with Crippen molar-refractivity contribution in [3.8, 4) is 11.5 Å². The summed E-state index contributed by atoms with van der Waals surface area (Å²) in [6, 6.07) is 11.3. The number of carbonyl (C=O) groups excluding carboxylic acids is 1. The number of carbonyl (C=O) groups is 1. The average molecular weight is 478 g/mol. The molecule has 0 N–H and O–H groups in total. The van der Waals surface area contributed by atoms with Crippen LogP contribution in [-0.2, 0) is 11.3 Å². The van der Waals surface area contributed by atoms with Crippen LogP contribution in [-0.4, -0.2) is 36.4 Å². The van der Waals surface area contributed by atoms with Gasteiger partial charge in [0.1, 0.15) is 11.4 Å². The highest BCUT2D eigenvalue weighted by Crippen LogP contribution is 2.36. The van der Waals surface area contributed by atoms with E-state index >= 15 is 0 Å². The molecule has 7 nitrogen and oxygen atoms in total. The second kappa shape index (κ2) is 10.1. The lowest BCUT2D eigenvalue weighted by molar-refractivity contribution is -0.153. The Morgan fingerprint density at radius 3 is 2.26 bits per heavy atom. The van der Waals surface area contributed by atoms with Gasteiger partial charge in [-0.15, -0.1) is 0 Å². The number of nitrogens with zero attached hydrogens (tertiary/aromatic N) is 2. The second-order valence-corrected chi connectivity index (χ2v) is 8.34. The summed E-state index contributed by atoms with van der Waals surface area (Å²) in [5, 5.41) is 0. The first kappa shape index (κ1) is 24.9. The topological polar surface area (TPSA) is 74.0 Å². The van der Waals surface area contributed by atoms with Gasteiger partial charge in [-0.1, -0.05) is 0 Å². The summed E-state index contributed by atoms with van der Waals surface area (Å²) in [5.74, 6) is 0.194. The number of methoxy groups -OCH3 is 1. The highest BCUT2D eigenvalue weighted by Gasteiger charge is 2.29. The summed E-state index contributed by atoms with van der Waals surface area (Å²) in [4.78, 5) is 18.1. The summed E-state index contributed by atoms with van der Waals surface area (Å²) >= 11 is 0. The number of aromatic nitrogens is 1. The molecule has 0 amide bonds. The van der Waals surface area contributed by atoms with Gasteiger partial charge in [0.2, 0.25) is 0 Å². The first-order valence-corrected chi connectivity index (χ1v) is 10.3. The molecule has 10 heteroatoms. The SMILES string of the molecule is COc1cc(N(Cc2cnco2)c2ccc(C(=O)OC(C)(C)C)cc2)ccc1OCC(F)(F)F. The van der Waals surface area contributed by atoms with E-state index in [1.807, 2.05) is 4.90 Å². The molecular weight excluding hydrogens is 453 g/mol. The van der Waals surface area contributed by atoms with Crippen LogP contribution in [0, 0.1) is 0 Å². The number of hydrogen-bond donors (Lipinski definition) is 0. The Kier molecular flexibility index (Phi) is 7.38. The predicted molar refractivity (Wildman–Crippen MR) is 119 cm³/mol. The summed E-state index contributed by atoms with van der Waals surface area (Å²) < 4.78 is 58.6. The molecule has 0 aliphatic rings. The second-order valence-electron chi connectivity index (χ2n) is 8.34. The van der Waals surface area contributed by atoms with Crippen LogP contribution in [0.3, 0.4) is 0 Å². The molecule has 0 saturated heterocycles. The molecule has 0 radical (unpaired) electrons. The summed E-state index contributed by atoms with van der Waals surface area (Å²) in [7, 11) is 1.34. The zero-order valence-corrected chi connectivity index (χ0v) is 19.2. The van der Waals surface area contributed by atoms with Crippen LogP contribution in [0.1, 0.15) is 36.9 Å². The van der Waals surface area contributed by atoms with Crippen molar-refractivity contribution < 1.29 is 36.6 Å². The predicted octanol–water partition coefficient (Wildman–Crippen LogP) is 5.92. The molecule has 182 valence electrons. The Bertz CT molecular complexity index is 1090. The van der Waals surface area contributed by atoms with Crippen LogP contribution >= 0.6 is 0 Å². The number of hydrogen-bond acceptors (Lipinski definition) is 7. The Morgan fingerprint density at radius 1 is 1.03 bits per heavy atom. The highest BCUT2D eigenvalue weighted by molar-refractivity contribution is 5.90. The molecule has 1 aromatic heterocycles. The molecular formula is C24H25F3N2O5. The van der Waals surface area contributed by atoms with Crippen molar-refractivity contribution in [3.05, 3.63) is 66.4 Å². The van der Waals surface area contributed by atoms with E-state index in [0.717, 1.165) is 0 Å². The minimum Gasteiger partial charge on any atom is -0.493 e. The fourth-order valence-electron chi connectivity index (χ4n) is 3.03. The van der Waals surface area contributed by atoms with Crippen LogP contribution in [0.15, 0.2) is 59.5 Å². The molecule has 0 spiro atoms. The smallest absolute Gasteiger partial charge is 0.422 e. The minimum absolute atomic E-state index is 0.0385. The number of anilines is 2. The van der Waals surface area contributed by atoms with Crippen molar-refractivity contribution in [2.75, 3.05) is 18.6 Å². The number of ether oxygens (including phenoxy) is 3. The van der Waals surface area contributed by atoms with Crippen molar-refractivity contribution in [3.63, 3.8) is 0 Å². The van der Waals surface area contributed by atoms with Crippen molar-refractivity contribution in [1.82, 2.24) is 4.98 Å². The number of oxazole rings is 1. The van der Waals surface area contributed by atoms with Gasteiger partial charge in [0.05, 0.1) is 25.4 Å². The number of halogens is 3. The van der Waals surface area contributed by atoms with E-state index in [9.17, 15) is 18.0 Å². The maximum atomic E-state index is 12.6. The van der Waals surface area contributed by atoms with E-state index in [0.29, 0.717) is 22.7 Å². The number of esters is 1. The fourth-order valence-corrected chi connectivity index (χ4v) is 3.03. The number of rotatable bonds is 8. The third-order valence-electron chi connectivity index (χ3n) is 4.46. The van der Waals surface area contributed by atoms with Gasteiger partial charge in [-0.05, 0) is 57.2 Å². The fraction of sp³-hybridized carbons (Fsp3) is 0.333. The molecule has 0 atom stereocenters. The normalized spacial score (nSPS) is 11.7. The van der Waals surface area contributed by atoms with E-state index < -0.39 is 24.4 Å². The molecule has 0 aliphatic carbocycles. The van der Waals surface area contributed by atoms with E-state index in [1.165, 1.54) is 19.6 Å². The number of benzene rings is 2. The van der Waals surface area contributed by atoms with Gasteiger partial charge >= 0.3 is 12.1 Å². The minimum atomic E-state index is -4.47. The van der Waals surface area contributed by atoms with Gasteiger partial charge in [0.15, 0.2) is 24.5 Å². The van der Waals surface area contributed by atoms with Crippen LogP contribution in [0.2, 0.25) is 0 Å². The van der Waals surface area contributed by atoms with Gasteiger partial charge in [-0.25, -0.2) is 9.78 Å². The van der Waals surface area contributed by atoms with Gasteiger partial charge in [0, 0.05) is 17.4 Å². The highest BCUT2D eigenvalue weighted by atomic mass is 19.4. The Balaban J connectivity index is 1.91. The lowest BCUT2D eigenvalue weighted by atomic mass is 10.1. The lowest BCUT2D eigenvalue weighted by Crippen LogP contribution is -2.24. The molecule has 34 heavy (non-hydrogen) atoms. The zero-order chi connectivity index (χ0) is 24.9. The van der Waals surface area contributed by atoms with Gasteiger partial charge in [-0.3, -0.25) is 0 Å². The van der Waals surface area contributed by atoms with Crippen molar-refractivity contribution in [2.24, 2.45) is 0 Å². The van der Waals surface area contributed by atoms with Crippen LogP contribution in [0.4, 0.5) is 24.5 Å². The molecule has 0 aliphatic heterocycles.